The van der Waals surface area contributed by atoms with Crippen molar-refractivity contribution < 1.29 is 23.9 Å². The fraction of sp³-hybridized carbons (Fsp3) is 0.250. The Kier molecular flexibility index (Phi) is 12.8. The van der Waals surface area contributed by atoms with Gasteiger partial charge in [-0.2, -0.15) is 0 Å². The molecule has 2 atom stereocenters. The number of carbonyl (C=O) groups excluding carboxylic acids is 3. The van der Waals surface area contributed by atoms with Crippen LogP contribution in [0.4, 0.5) is 4.79 Å². The van der Waals surface area contributed by atoms with Crippen LogP contribution in [0.2, 0.25) is 0 Å². The Bertz CT molecular complexity index is 1770. The maximum atomic E-state index is 14.2. The third kappa shape index (κ3) is 10.6. The van der Waals surface area contributed by atoms with Crippen LogP contribution >= 0.6 is 0 Å². The first-order valence-electron chi connectivity index (χ1n) is 16.6. The van der Waals surface area contributed by atoms with Crippen LogP contribution in [0.3, 0.4) is 0 Å². The Morgan fingerprint density at radius 3 is 1.92 bits per heavy atom. The molecule has 0 spiro atoms. The molecule has 3 amide bonds. The quantitative estimate of drug-likeness (QED) is 0.141. The molecule has 2 N–H and O–H groups in total. The third-order valence-corrected chi connectivity index (χ3v) is 8.44. The number of ether oxygens (including phenoxy) is 2. The average Bonchev–Trinajstić information content (AvgIpc) is 3.68. The van der Waals surface area contributed by atoms with E-state index in [0.717, 1.165) is 22.3 Å². The van der Waals surface area contributed by atoms with Gasteiger partial charge in [0.1, 0.15) is 31.0 Å². The number of likely N-dealkylation sites (N-methyl/N-ethyl adjacent to an activating group) is 2. The number of alkyl carbamates (subject to hydrolysis) is 1. The number of imidazole rings is 1. The van der Waals surface area contributed by atoms with Gasteiger partial charge in [0, 0.05) is 45.4 Å². The van der Waals surface area contributed by atoms with Gasteiger partial charge in [-0.15, -0.1) is 0 Å². The number of aromatic nitrogens is 2. The van der Waals surface area contributed by atoms with Crippen molar-refractivity contribution in [2.45, 2.75) is 44.6 Å². The number of hydrogen-bond acceptors (Lipinski definition) is 6. The minimum Gasteiger partial charge on any atom is -0.489 e. The fourth-order valence-electron chi connectivity index (χ4n) is 5.50. The summed E-state index contributed by atoms with van der Waals surface area (Å²) in [6, 6.07) is 34.8. The summed E-state index contributed by atoms with van der Waals surface area (Å²) in [4.78, 5) is 51.5. The molecular formula is C40H43N5O5. The van der Waals surface area contributed by atoms with Crippen LogP contribution in [0.25, 0.3) is 0 Å². The molecule has 0 radical (unpaired) electrons. The van der Waals surface area contributed by atoms with Crippen molar-refractivity contribution in [2.24, 2.45) is 0 Å². The Hall–Kier alpha value is -5.90. The predicted octanol–water partition coefficient (Wildman–Crippen LogP) is 5.60. The highest BCUT2D eigenvalue weighted by atomic mass is 16.5. The third-order valence-electron chi connectivity index (χ3n) is 8.44. The topological polar surface area (TPSA) is 117 Å². The molecule has 0 saturated heterocycles. The molecule has 0 fully saturated rings. The molecular weight excluding hydrogens is 630 g/mol. The summed E-state index contributed by atoms with van der Waals surface area (Å²) >= 11 is 0. The van der Waals surface area contributed by atoms with Crippen LogP contribution in [-0.4, -0.2) is 70.4 Å². The van der Waals surface area contributed by atoms with Gasteiger partial charge in [-0.1, -0.05) is 103 Å². The smallest absolute Gasteiger partial charge is 0.408 e. The number of amides is 3. The van der Waals surface area contributed by atoms with Gasteiger partial charge in [0.25, 0.3) is 0 Å². The van der Waals surface area contributed by atoms with Crippen molar-refractivity contribution in [3.63, 3.8) is 0 Å². The van der Waals surface area contributed by atoms with E-state index in [9.17, 15) is 14.4 Å². The second-order valence-corrected chi connectivity index (χ2v) is 12.1. The molecule has 10 nitrogen and oxygen atoms in total. The van der Waals surface area contributed by atoms with E-state index in [1.807, 2.05) is 115 Å². The standard InChI is InChI=1S/C40H43N5O5/c1-44(23-22-30-12-6-3-7-13-30)39(47)37(24-31-18-20-35(21-19-31)49-27-32-14-8-4-9-15-32)45(2)38(46)36(25-34-26-41-29-42-34)43-40(48)50-28-33-16-10-5-11-17-33/h3-21,26,29,36-37H,22-25,27-28H2,1-2H3,(H,41,42)(H,43,48)/t36-,37-/m0/s1. The lowest BCUT2D eigenvalue weighted by Gasteiger charge is -2.33. The van der Waals surface area contributed by atoms with Gasteiger partial charge < -0.3 is 29.6 Å². The van der Waals surface area contributed by atoms with E-state index in [1.165, 1.54) is 11.2 Å². The Labute approximate surface area is 293 Å². The van der Waals surface area contributed by atoms with Crippen LogP contribution in [0.1, 0.15) is 27.9 Å². The fourth-order valence-corrected chi connectivity index (χ4v) is 5.50. The first-order valence-corrected chi connectivity index (χ1v) is 16.6. The van der Waals surface area contributed by atoms with Crippen LogP contribution in [0.5, 0.6) is 5.75 Å². The number of nitrogens with zero attached hydrogens (tertiary/aromatic N) is 3. The van der Waals surface area contributed by atoms with Crippen molar-refractivity contribution in [3.05, 3.63) is 156 Å². The Balaban J connectivity index is 1.32. The van der Waals surface area contributed by atoms with E-state index in [4.69, 9.17) is 9.47 Å². The van der Waals surface area contributed by atoms with Crippen LogP contribution in [0, 0.1) is 0 Å². The van der Waals surface area contributed by atoms with Crippen molar-refractivity contribution >= 4 is 17.9 Å². The van der Waals surface area contributed by atoms with Gasteiger partial charge in [-0.25, -0.2) is 9.78 Å². The number of nitrogens with one attached hydrogen (secondary N) is 2. The Morgan fingerprint density at radius 1 is 0.720 bits per heavy atom. The summed E-state index contributed by atoms with van der Waals surface area (Å²) < 4.78 is 11.4. The summed E-state index contributed by atoms with van der Waals surface area (Å²) in [6.45, 7) is 0.949. The van der Waals surface area contributed by atoms with Gasteiger partial charge in [0.05, 0.1) is 6.33 Å². The van der Waals surface area contributed by atoms with E-state index in [1.54, 1.807) is 25.2 Å². The van der Waals surface area contributed by atoms with Crippen LogP contribution < -0.4 is 10.1 Å². The van der Waals surface area contributed by atoms with Crippen LogP contribution in [0.15, 0.2) is 128 Å². The lowest BCUT2D eigenvalue weighted by molar-refractivity contribution is -0.144. The molecule has 50 heavy (non-hydrogen) atoms. The van der Waals surface area contributed by atoms with Crippen molar-refractivity contribution in [2.75, 3.05) is 20.6 Å². The van der Waals surface area contributed by atoms with Gasteiger partial charge in [0.15, 0.2) is 0 Å². The monoisotopic (exact) mass is 673 g/mol. The maximum Gasteiger partial charge on any atom is 0.408 e. The molecule has 0 saturated carbocycles. The lowest BCUT2D eigenvalue weighted by Crippen LogP contribution is -2.56. The highest BCUT2D eigenvalue weighted by Crippen LogP contribution is 2.19. The SMILES string of the molecule is CN(CCc1ccccc1)C(=O)[C@H](Cc1ccc(OCc2ccccc2)cc1)N(C)C(=O)[C@H](Cc1cnc[nH]1)NC(=O)OCc1ccccc1. The lowest BCUT2D eigenvalue weighted by atomic mass is 10.0. The maximum absolute atomic E-state index is 14.2. The molecule has 5 aromatic rings. The van der Waals surface area contributed by atoms with E-state index in [2.05, 4.69) is 15.3 Å². The summed E-state index contributed by atoms with van der Waals surface area (Å²) in [6.07, 6.45) is 3.41. The largest absolute Gasteiger partial charge is 0.489 e. The van der Waals surface area contributed by atoms with Crippen molar-refractivity contribution in [1.29, 1.82) is 0 Å². The molecule has 5 rings (SSSR count). The second-order valence-electron chi connectivity index (χ2n) is 12.1. The molecule has 0 aliphatic carbocycles. The summed E-state index contributed by atoms with van der Waals surface area (Å²) in [5, 5.41) is 2.73. The number of hydrogen-bond donors (Lipinski definition) is 2. The van der Waals surface area contributed by atoms with Crippen molar-refractivity contribution in [1.82, 2.24) is 25.1 Å². The van der Waals surface area contributed by atoms with Crippen molar-refractivity contribution in [3.8, 4) is 5.75 Å². The second kappa shape index (κ2) is 18.0. The average molecular weight is 674 g/mol. The molecule has 0 aliphatic heterocycles. The molecule has 0 bridgehead atoms. The molecule has 0 unspecified atom stereocenters. The molecule has 258 valence electrons. The van der Waals surface area contributed by atoms with E-state index < -0.39 is 24.1 Å². The molecule has 0 aliphatic rings. The van der Waals surface area contributed by atoms with E-state index >= 15 is 0 Å². The van der Waals surface area contributed by atoms with Gasteiger partial charge >= 0.3 is 6.09 Å². The number of aromatic amines is 1. The zero-order valence-electron chi connectivity index (χ0n) is 28.4. The molecule has 10 heteroatoms. The minimum absolute atomic E-state index is 0.0475. The highest BCUT2D eigenvalue weighted by molar-refractivity contribution is 5.91. The number of rotatable bonds is 16. The number of H-pyrrole nitrogens is 1. The number of carbonyl (C=O) groups is 3. The highest BCUT2D eigenvalue weighted by Gasteiger charge is 2.34. The normalized spacial score (nSPS) is 12.0. The minimum atomic E-state index is -1.03. The summed E-state index contributed by atoms with van der Waals surface area (Å²) in [5.74, 6) is 0.0461. The first kappa shape index (κ1) is 35.4. The molecule has 4 aromatic carbocycles. The van der Waals surface area contributed by atoms with E-state index in [-0.39, 0.29) is 25.4 Å². The summed E-state index contributed by atoms with van der Waals surface area (Å²) in [7, 11) is 3.35. The van der Waals surface area contributed by atoms with E-state index in [0.29, 0.717) is 31.0 Å². The summed E-state index contributed by atoms with van der Waals surface area (Å²) in [5.41, 5.74) is 4.48. The van der Waals surface area contributed by atoms with Crippen LogP contribution in [-0.2, 0) is 46.8 Å². The van der Waals surface area contributed by atoms with Gasteiger partial charge in [-0.3, -0.25) is 9.59 Å². The molecule has 1 heterocycles. The zero-order chi connectivity index (χ0) is 35.1. The first-order chi connectivity index (χ1) is 24.4. The zero-order valence-corrected chi connectivity index (χ0v) is 28.4. The Morgan fingerprint density at radius 2 is 1.32 bits per heavy atom. The van der Waals surface area contributed by atoms with Gasteiger partial charge in [0.2, 0.25) is 11.8 Å². The number of benzene rings is 4. The predicted molar refractivity (Wildman–Crippen MR) is 191 cm³/mol. The molecule has 1 aromatic heterocycles. The van der Waals surface area contributed by atoms with Gasteiger partial charge in [-0.05, 0) is 40.8 Å².